The Bertz CT molecular complexity index is 761. The van der Waals surface area contributed by atoms with E-state index in [1.165, 1.54) is 7.11 Å². The quantitative estimate of drug-likeness (QED) is 0.430. The van der Waals surface area contributed by atoms with Gasteiger partial charge in [0.15, 0.2) is 5.78 Å². The molecule has 1 N–H and O–H groups in total. The standard InChI is InChI=1S/C21H26O6/c1-26-18(24)21-13(6-4-7-15(21)22)11-20(25)16-14(21)9-8-12-5-2-3-10-19(12,16)17(23)27-20/h8,13-14,16,25H,2-7,9-11H2,1H3/t13?,14-,16?,19-,20+,21+/m0/s1. The summed E-state index contributed by atoms with van der Waals surface area (Å²) in [5.74, 6) is -3.87. The number of hydrogen-bond acceptors (Lipinski definition) is 6. The summed E-state index contributed by atoms with van der Waals surface area (Å²) in [4.78, 5) is 39.5. The fourth-order valence-electron chi connectivity index (χ4n) is 7.38. The van der Waals surface area contributed by atoms with E-state index >= 15 is 0 Å². The number of fused-ring (bicyclic) bond motifs is 2. The molecule has 1 spiro atoms. The van der Waals surface area contributed by atoms with Crippen molar-refractivity contribution in [2.75, 3.05) is 7.11 Å². The van der Waals surface area contributed by atoms with Crippen LogP contribution in [0.1, 0.15) is 57.8 Å². The predicted octanol–water partition coefficient (Wildman–Crippen LogP) is 2.29. The second kappa shape index (κ2) is 5.43. The number of ether oxygens (including phenoxy) is 2. The number of carbonyl (C=O) groups excluding carboxylic acids is 3. The van der Waals surface area contributed by atoms with E-state index in [1.54, 1.807) is 0 Å². The molecule has 6 nitrogen and oxygen atoms in total. The summed E-state index contributed by atoms with van der Waals surface area (Å²) in [7, 11) is 1.33. The summed E-state index contributed by atoms with van der Waals surface area (Å²) in [5.41, 5.74) is -1.10. The van der Waals surface area contributed by atoms with Gasteiger partial charge in [-0.05, 0) is 50.4 Å². The van der Waals surface area contributed by atoms with Gasteiger partial charge in [0, 0.05) is 18.8 Å². The fourth-order valence-corrected chi connectivity index (χ4v) is 7.38. The lowest BCUT2D eigenvalue weighted by Gasteiger charge is -2.58. The molecule has 146 valence electrons. The molecule has 5 rings (SSSR count). The molecule has 0 amide bonds. The van der Waals surface area contributed by atoms with Gasteiger partial charge in [-0.3, -0.25) is 14.4 Å². The Balaban J connectivity index is 1.75. The first-order valence-corrected chi connectivity index (χ1v) is 10.2. The van der Waals surface area contributed by atoms with Gasteiger partial charge in [0.25, 0.3) is 0 Å². The molecule has 0 aromatic heterocycles. The first kappa shape index (κ1) is 17.4. The average molecular weight is 374 g/mol. The van der Waals surface area contributed by atoms with Crippen molar-refractivity contribution in [3.05, 3.63) is 11.6 Å². The Morgan fingerprint density at radius 1 is 1.26 bits per heavy atom. The van der Waals surface area contributed by atoms with E-state index in [2.05, 4.69) is 6.08 Å². The fraction of sp³-hybridized carbons (Fsp3) is 0.762. The lowest BCUT2D eigenvalue weighted by Crippen LogP contribution is -2.66. The van der Waals surface area contributed by atoms with Crippen LogP contribution in [0.15, 0.2) is 11.6 Å². The van der Waals surface area contributed by atoms with Gasteiger partial charge in [-0.25, -0.2) is 0 Å². The highest BCUT2D eigenvalue weighted by molar-refractivity contribution is 6.05. The van der Waals surface area contributed by atoms with Gasteiger partial charge in [0.1, 0.15) is 5.41 Å². The molecule has 0 aromatic rings. The maximum Gasteiger partial charge on any atom is 0.319 e. The Labute approximate surface area is 158 Å². The van der Waals surface area contributed by atoms with Crippen LogP contribution in [-0.4, -0.2) is 35.7 Å². The second-order valence-corrected chi connectivity index (χ2v) is 9.04. The van der Waals surface area contributed by atoms with Crippen molar-refractivity contribution in [1.82, 2.24) is 0 Å². The van der Waals surface area contributed by atoms with E-state index in [0.29, 0.717) is 32.1 Å². The third-order valence-electron chi connectivity index (χ3n) is 8.22. The predicted molar refractivity (Wildman–Crippen MR) is 93.0 cm³/mol. The van der Waals surface area contributed by atoms with Crippen LogP contribution in [0.4, 0.5) is 0 Å². The van der Waals surface area contributed by atoms with Crippen LogP contribution in [0.2, 0.25) is 0 Å². The minimum atomic E-state index is -1.58. The Morgan fingerprint density at radius 3 is 2.85 bits per heavy atom. The maximum absolute atomic E-state index is 13.3. The number of Topliss-reactive ketones (excluding diaryl/α,β-unsaturated/α-hetero) is 1. The van der Waals surface area contributed by atoms with E-state index in [9.17, 15) is 19.5 Å². The zero-order valence-electron chi connectivity index (χ0n) is 15.7. The van der Waals surface area contributed by atoms with Crippen LogP contribution in [0.5, 0.6) is 0 Å². The summed E-state index contributed by atoms with van der Waals surface area (Å²) >= 11 is 0. The molecule has 0 aromatic carbocycles. The smallest absolute Gasteiger partial charge is 0.319 e. The van der Waals surface area contributed by atoms with E-state index in [-0.39, 0.29) is 24.1 Å². The number of esters is 2. The van der Waals surface area contributed by atoms with Gasteiger partial charge >= 0.3 is 11.9 Å². The van der Waals surface area contributed by atoms with Crippen LogP contribution in [0.25, 0.3) is 0 Å². The summed E-state index contributed by atoms with van der Waals surface area (Å²) in [6.45, 7) is 0. The molecule has 6 atom stereocenters. The molecule has 4 aliphatic carbocycles. The second-order valence-electron chi connectivity index (χ2n) is 9.04. The number of ketones is 1. The topological polar surface area (TPSA) is 89.9 Å². The molecule has 0 bridgehead atoms. The number of carbonyl (C=O) groups is 3. The molecule has 0 radical (unpaired) electrons. The molecule has 3 saturated carbocycles. The average Bonchev–Trinajstić information content (AvgIpc) is 2.88. The molecule has 1 heterocycles. The minimum Gasteiger partial charge on any atom is -0.468 e. The number of allylic oxidation sites excluding steroid dienone is 1. The molecular weight excluding hydrogens is 348 g/mol. The van der Waals surface area contributed by atoms with E-state index in [0.717, 1.165) is 24.8 Å². The van der Waals surface area contributed by atoms with Crippen molar-refractivity contribution >= 4 is 17.7 Å². The third kappa shape index (κ3) is 1.83. The molecule has 4 fully saturated rings. The monoisotopic (exact) mass is 374 g/mol. The first-order valence-electron chi connectivity index (χ1n) is 10.2. The normalized spacial score (nSPS) is 47.9. The third-order valence-corrected chi connectivity index (χ3v) is 8.22. The van der Waals surface area contributed by atoms with Gasteiger partial charge in [-0.1, -0.05) is 18.1 Å². The lowest BCUT2D eigenvalue weighted by molar-refractivity contribution is -0.257. The summed E-state index contributed by atoms with van der Waals surface area (Å²) < 4.78 is 10.8. The molecule has 6 heteroatoms. The van der Waals surface area contributed by atoms with E-state index in [4.69, 9.17) is 9.47 Å². The van der Waals surface area contributed by atoms with Crippen molar-refractivity contribution in [2.24, 2.45) is 28.6 Å². The lowest BCUT2D eigenvalue weighted by atomic mass is 9.42. The van der Waals surface area contributed by atoms with Crippen LogP contribution in [0, 0.1) is 28.6 Å². The number of aliphatic hydroxyl groups is 1. The van der Waals surface area contributed by atoms with Crippen LogP contribution in [-0.2, 0) is 23.9 Å². The molecule has 27 heavy (non-hydrogen) atoms. The number of rotatable bonds is 1. The highest BCUT2D eigenvalue weighted by Crippen LogP contribution is 2.70. The number of hydrogen-bond donors (Lipinski definition) is 1. The highest BCUT2D eigenvalue weighted by atomic mass is 16.7. The van der Waals surface area contributed by atoms with E-state index < -0.39 is 34.4 Å². The summed E-state index contributed by atoms with van der Waals surface area (Å²) in [5, 5.41) is 11.5. The van der Waals surface area contributed by atoms with Crippen LogP contribution >= 0.6 is 0 Å². The van der Waals surface area contributed by atoms with Crippen LogP contribution < -0.4 is 0 Å². The van der Waals surface area contributed by atoms with Gasteiger partial charge in [-0.15, -0.1) is 0 Å². The van der Waals surface area contributed by atoms with Crippen molar-refractivity contribution in [2.45, 2.75) is 63.6 Å². The summed E-state index contributed by atoms with van der Waals surface area (Å²) in [6, 6.07) is 0. The SMILES string of the molecule is COC(=O)[C@]12C(=O)CCCC1C[C@@]1(O)OC(=O)[C@@]34CCCCC3=CC[C@H]2C41. The van der Waals surface area contributed by atoms with Crippen molar-refractivity contribution < 1.29 is 29.0 Å². The summed E-state index contributed by atoms with van der Waals surface area (Å²) in [6.07, 6.45) is 7.76. The Hall–Kier alpha value is -1.69. The molecule has 1 saturated heterocycles. The molecular formula is C21H26O6. The van der Waals surface area contributed by atoms with Gasteiger partial charge in [-0.2, -0.15) is 0 Å². The van der Waals surface area contributed by atoms with Gasteiger partial charge < -0.3 is 14.6 Å². The largest absolute Gasteiger partial charge is 0.468 e. The van der Waals surface area contributed by atoms with Crippen LogP contribution in [0.3, 0.4) is 0 Å². The zero-order valence-corrected chi connectivity index (χ0v) is 15.7. The molecule has 2 unspecified atom stereocenters. The Kier molecular flexibility index (Phi) is 3.50. The van der Waals surface area contributed by atoms with Crippen molar-refractivity contribution in [3.63, 3.8) is 0 Å². The first-order chi connectivity index (χ1) is 12.9. The van der Waals surface area contributed by atoms with E-state index in [1.807, 2.05) is 0 Å². The Morgan fingerprint density at radius 2 is 2.07 bits per heavy atom. The minimum absolute atomic E-state index is 0.0835. The maximum atomic E-state index is 13.3. The zero-order chi connectivity index (χ0) is 19.0. The van der Waals surface area contributed by atoms with Crippen molar-refractivity contribution in [3.8, 4) is 0 Å². The number of methoxy groups -OCH3 is 1. The molecule has 1 aliphatic heterocycles. The highest BCUT2D eigenvalue weighted by Gasteiger charge is 2.78. The van der Waals surface area contributed by atoms with Gasteiger partial charge in [0.05, 0.1) is 12.5 Å². The van der Waals surface area contributed by atoms with Crippen molar-refractivity contribution in [1.29, 1.82) is 0 Å². The van der Waals surface area contributed by atoms with Gasteiger partial charge in [0.2, 0.25) is 5.79 Å². The molecule has 5 aliphatic rings.